The molecule has 1 aliphatic rings. The number of hydrogen-bond donors (Lipinski definition) is 0. The molecule has 0 amide bonds. The molecule has 0 heterocycles. The Morgan fingerprint density at radius 1 is 1.43 bits per heavy atom. The molecule has 2 rings (SSSR count). The summed E-state index contributed by atoms with van der Waals surface area (Å²) in [5, 5.41) is 8.99. The molecule has 0 radical (unpaired) electrons. The Kier molecular flexibility index (Phi) is 2.17. The van der Waals surface area contributed by atoms with Crippen LogP contribution in [0.4, 0.5) is 0 Å². The fourth-order valence-corrected chi connectivity index (χ4v) is 1.69. The van der Waals surface area contributed by atoms with Crippen molar-refractivity contribution in [1.29, 1.82) is 5.26 Å². The van der Waals surface area contributed by atoms with E-state index in [0.29, 0.717) is 0 Å². The minimum atomic E-state index is -0.0887. The first-order valence-corrected chi connectivity index (χ1v) is 4.83. The van der Waals surface area contributed by atoms with Crippen LogP contribution >= 0.6 is 0 Å². The highest BCUT2D eigenvalue weighted by Gasteiger charge is 2.43. The summed E-state index contributed by atoms with van der Waals surface area (Å²) in [4.78, 5) is 0. The van der Waals surface area contributed by atoms with Gasteiger partial charge in [0.2, 0.25) is 0 Å². The summed E-state index contributed by atoms with van der Waals surface area (Å²) in [7, 11) is 1.67. The summed E-state index contributed by atoms with van der Waals surface area (Å²) in [6, 6.07) is 10.3. The largest absolute Gasteiger partial charge is 0.496 e. The van der Waals surface area contributed by atoms with Crippen LogP contribution in [0.2, 0.25) is 0 Å². The molecule has 0 N–H and O–H groups in total. The lowest BCUT2D eigenvalue weighted by Crippen LogP contribution is -2.03. The molecule has 1 aliphatic carbocycles. The van der Waals surface area contributed by atoms with Crippen molar-refractivity contribution < 1.29 is 4.74 Å². The Hall–Kier alpha value is -1.49. The number of para-hydroxylation sites is 1. The van der Waals surface area contributed by atoms with Gasteiger partial charge in [0.1, 0.15) is 5.75 Å². The lowest BCUT2D eigenvalue weighted by atomic mass is 9.97. The van der Waals surface area contributed by atoms with Crippen molar-refractivity contribution in [2.75, 3.05) is 7.11 Å². The fraction of sp³-hybridized carbons (Fsp3) is 0.417. The molecule has 0 aromatic heterocycles. The second kappa shape index (κ2) is 3.34. The van der Waals surface area contributed by atoms with Gasteiger partial charge in [0.25, 0.3) is 0 Å². The van der Waals surface area contributed by atoms with E-state index in [-0.39, 0.29) is 5.41 Å². The Labute approximate surface area is 84.1 Å². The number of hydrogen-bond acceptors (Lipinski definition) is 2. The molecule has 1 fully saturated rings. The van der Waals surface area contributed by atoms with Crippen LogP contribution in [0.25, 0.3) is 0 Å². The van der Waals surface area contributed by atoms with E-state index in [1.807, 2.05) is 24.3 Å². The lowest BCUT2D eigenvalue weighted by Gasteiger charge is -2.10. The average Bonchev–Trinajstić information content (AvgIpc) is 2.99. The highest BCUT2D eigenvalue weighted by molar-refractivity contribution is 5.36. The Morgan fingerprint density at radius 2 is 2.14 bits per heavy atom. The zero-order chi connectivity index (χ0) is 10.0. The molecule has 0 aliphatic heterocycles. The van der Waals surface area contributed by atoms with Crippen molar-refractivity contribution in [3.05, 3.63) is 29.8 Å². The zero-order valence-electron chi connectivity index (χ0n) is 8.29. The maximum absolute atomic E-state index is 8.99. The highest BCUT2D eigenvalue weighted by atomic mass is 16.5. The standard InChI is InChI=1S/C12H13NO/c1-14-11-5-3-2-4-10(11)8-12(9-13)6-7-12/h2-5H,6-8H2,1H3. The maximum atomic E-state index is 8.99. The molecule has 2 nitrogen and oxygen atoms in total. The second-order valence-corrected chi connectivity index (χ2v) is 3.88. The van der Waals surface area contributed by atoms with Crippen LogP contribution in [0.3, 0.4) is 0 Å². The first-order valence-electron chi connectivity index (χ1n) is 4.83. The molecular formula is C12H13NO. The third kappa shape index (κ3) is 1.58. The summed E-state index contributed by atoms with van der Waals surface area (Å²) in [5.74, 6) is 0.897. The minimum Gasteiger partial charge on any atom is -0.496 e. The first kappa shape index (κ1) is 9.08. The van der Waals surface area contributed by atoms with E-state index in [9.17, 15) is 0 Å². The molecule has 14 heavy (non-hydrogen) atoms. The van der Waals surface area contributed by atoms with Gasteiger partial charge in [0, 0.05) is 0 Å². The van der Waals surface area contributed by atoms with Gasteiger partial charge in [-0.25, -0.2) is 0 Å². The average molecular weight is 187 g/mol. The third-order valence-corrected chi connectivity index (χ3v) is 2.81. The van der Waals surface area contributed by atoms with Crippen molar-refractivity contribution in [3.8, 4) is 11.8 Å². The van der Waals surface area contributed by atoms with E-state index >= 15 is 0 Å². The van der Waals surface area contributed by atoms with Crippen LogP contribution in [0.5, 0.6) is 5.75 Å². The predicted molar refractivity (Wildman–Crippen MR) is 54.0 cm³/mol. The molecule has 1 saturated carbocycles. The number of nitriles is 1. The van der Waals surface area contributed by atoms with Crippen LogP contribution in [0, 0.1) is 16.7 Å². The number of nitrogens with zero attached hydrogens (tertiary/aromatic N) is 1. The number of ether oxygens (including phenoxy) is 1. The van der Waals surface area contributed by atoms with E-state index in [4.69, 9.17) is 10.00 Å². The summed E-state index contributed by atoms with van der Waals surface area (Å²) in [6.45, 7) is 0. The molecule has 0 unspecified atom stereocenters. The molecule has 72 valence electrons. The van der Waals surface area contributed by atoms with Gasteiger partial charge in [-0.15, -0.1) is 0 Å². The predicted octanol–water partition coefficient (Wildman–Crippen LogP) is 2.54. The summed E-state index contributed by atoms with van der Waals surface area (Å²) in [5.41, 5.74) is 1.06. The van der Waals surface area contributed by atoms with E-state index in [1.165, 1.54) is 0 Å². The van der Waals surface area contributed by atoms with Gasteiger partial charge in [-0.3, -0.25) is 0 Å². The van der Waals surface area contributed by atoms with E-state index in [2.05, 4.69) is 6.07 Å². The summed E-state index contributed by atoms with van der Waals surface area (Å²) < 4.78 is 5.25. The smallest absolute Gasteiger partial charge is 0.122 e. The fourth-order valence-electron chi connectivity index (χ4n) is 1.69. The van der Waals surface area contributed by atoms with Gasteiger partial charge >= 0.3 is 0 Å². The van der Waals surface area contributed by atoms with Crippen molar-refractivity contribution in [2.24, 2.45) is 5.41 Å². The summed E-state index contributed by atoms with van der Waals surface area (Å²) >= 11 is 0. The van der Waals surface area contributed by atoms with Crippen LogP contribution in [0.15, 0.2) is 24.3 Å². The Bertz CT molecular complexity index is 374. The molecular weight excluding hydrogens is 174 g/mol. The third-order valence-electron chi connectivity index (χ3n) is 2.81. The van der Waals surface area contributed by atoms with Crippen molar-refractivity contribution >= 4 is 0 Å². The van der Waals surface area contributed by atoms with Crippen LogP contribution in [-0.2, 0) is 6.42 Å². The van der Waals surface area contributed by atoms with Crippen molar-refractivity contribution in [3.63, 3.8) is 0 Å². The second-order valence-electron chi connectivity index (χ2n) is 3.88. The number of methoxy groups -OCH3 is 1. The first-order chi connectivity index (χ1) is 6.79. The van der Waals surface area contributed by atoms with Gasteiger partial charge < -0.3 is 4.74 Å². The van der Waals surface area contributed by atoms with Gasteiger partial charge in [0.15, 0.2) is 0 Å². The van der Waals surface area contributed by atoms with Crippen LogP contribution < -0.4 is 4.74 Å². The number of rotatable bonds is 3. The van der Waals surface area contributed by atoms with E-state index in [1.54, 1.807) is 7.11 Å². The Balaban J connectivity index is 2.21. The molecule has 1 aromatic rings. The molecule has 0 spiro atoms. The van der Waals surface area contributed by atoms with Crippen molar-refractivity contribution in [1.82, 2.24) is 0 Å². The topological polar surface area (TPSA) is 33.0 Å². The molecule has 0 saturated heterocycles. The quantitative estimate of drug-likeness (QED) is 0.728. The van der Waals surface area contributed by atoms with E-state index in [0.717, 1.165) is 30.6 Å². The minimum absolute atomic E-state index is 0.0887. The van der Waals surface area contributed by atoms with Gasteiger partial charge in [-0.2, -0.15) is 5.26 Å². The monoisotopic (exact) mass is 187 g/mol. The maximum Gasteiger partial charge on any atom is 0.122 e. The van der Waals surface area contributed by atoms with E-state index < -0.39 is 0 Å². The van der Waals surface area contributed by atoms with Gasteiger partial charge in [-0.1, -0.05) is 18.2 Å². The highest BCUT2D eigenvalue weighted by Crippen LogP contribution is 2.48. The molecule has 0 atom stereocenters. The normalized spacial score (nSPS) is 17.1. The van der Waals surface area contributed by atoms with Gasteiger partial charge in [0.05, 0.1) is 18.6 Å². The SMILES string of the molecule is COc1ccccc1CC1(C#N)CC1. The Morgan fingerprint density at radius 3 is 2.71 bits per heavy atom. The number of benzene rings is 1. The molecule has 1 aromatic carbocycles. The zero-order valence-corrected chi connectivity index (χ0v) is 8.29. The molecule has 0 bridgehead atoms. The molecule has 2 heteroatoms. The lowest BCUT2D eigenvalue weighted by molar-refractivity contribution is 0.407. The van der Waals surface area contributed by atoms with Gasteiger partial charge in [-0.05, 0) is 30.9 Å². The summed E-state index contributed by atoms with van der Waals surface area (Å²) in [6.07, 6.45) is 2.89. The van der Waals surface area contributed by atoms with Crippen LogP contribution in [0.1, 0.15) is 18.4 Å². The van der Waals surface area contributed by atoms with Crippen LogP contribution in [-0.4, -0.2) is 7.11 Å². The van der Waals surface area contributed by atoms with Crippen molar-refractivity contribution in [2.45, 2.75) is 19.3 Å².